The van der Waals surface area contributed by atoms with Crippen molar-refractivity contribution in [3.8, 4) is 17.6 Å². The van der Waals surface area contributed by atoms with Gasteiger partial charge in [-0.3, -0.25) is 19.1 Å². The fourth-order valence-corrected chi connectivity index (χ4v) is 6.28. The normalized spacial score (nSPS) is 16.8. The van der Waals surface area contributed by atoms with Gasteiger partial charge in [-0.2, -0.15) is 5.26 Å². The number of carbonyl (C=O) groups excluding carboxylic acids is 1. The molecule has 1 amide bonds. The minimum absolute atomic E-state index is 0.114. The molecule has 3 heterocycles. The van der Waals surface area contributed by atoms with Crippen LogP contribution in [-0.2, 0) is 17.8 Å². The molecule has 2 aromatic rings. The largest absolute Gasteiger partial charge is 0.493 e. The van der Waals surface area contributed by atoms with Crippen molar-refractivity contribution in [1.82, 2.24) is 9.47 Å². The third-order valence-electron chi connectivity index (χ3n) is 7.04. The third kappa shape index (κ3) is 5.31. The molecule has 2 saturated heterocycles. The highest BCUT2D eigenvalue weighted by Crippen LogP contribution is 2.37. The number of rotatable bonds is 8. The summed E-state index contributed by atoms with van der Waals surface area (Å²) in [5, 5.41) is 9.77. The monoisotopic (exact) mass is 552 g/mol. The van der Waals surface area contributed by atoms with E-state index in [1.807, 2.05) is 31.2 Å². The van der Waals surface area contributed by atoms with Crippen molar-refractivity contribution < 1.29 is 14.3 Å². The summed E-state index contributed by atoms with van der Waals surface area (Å²) in [5.41, 5.74) is 2.16. The van der Waals surface area contributed by atoms with Crippen LogP contribution in [0.4, 0.5) is 5.82 Å². The molecule has 0 atom stereocenters. The lowest BCUT2D eigenvalue weighted by atomic mass is 10.0. The second-order valence-corrected chi connectivity index (χ2v) is 10.9. The number of amides is 1. The third-order valence-corrected chi connectivity index (χ3v) is 8.42. The number of aromatic nitrogens is 1. The minimum atomic E-state index is -0.285. The number of piperidine rings is 1. The number of nitrogens with zero attached hydrogens (tertiary/aromatic N) is 4. The first kappa shape index (κ1) is 27.7. The zero-order valence-corrected chi connectivity index (χ0v) is 23.8. The van der Waals surface area contributed by atoms with E-state index in [-0.39, 0.29) is 17.0 Å². The molecule has 2 fully saturated rings. The van der Waals surface area contributed by atoms with Gasteiger partial charge < -0.3 is 14.4 Å². The number of nitriles is 1. The lowest BCUT2D eigenvalue weighted by Gasteiger charge is -2.33. The van der Waals surface area contributed by atoms with Crippen molar-refractivity contribution in [2.24, 2.45) is 0 Å². The van der Waals surface area contributed by atoms with Gasteiger partial charge in [0.25, 0.3) is 11.5 Å². The van der Waals surface area contributed by atoms with Gasteiger partial charge in [-0.1, -0.05) is 30.0 Å². The Bertz CT molecular complexity index is 1390. The quantitative estimate of drug-likeness (QED) is 0.350. The number of methoxy groups -OCH3 is 2. The number of thiocarbonyl (C=S) groups is 1. The topological polar surface area (TPSA) is 87.8 Å². The molecule has 4 rings (SSSR count). The number of hydrogen-bond acceptors (Lipinski definition) is 8. The smallest absolute Gasteiger partial charge is 0.270 e. The predicted molar refractivity (Wildman–Crippen MR) is 155 cm³/mol. The summed E-state index contributed by atoms with van der Waals surface area (Å²) < 4.78 is 12.9. The highest BCUT2D eigenvalue weighted by atomic mass is 32.2. The number of ether oxygens (including phenoxy) is 2. The van der Waals surface area contributed by atoms with Crippen molar-refractivity contribution in [2.45, 2.75) is 46.1 Å². The Morgan fingerprint density at radius 1 is 1.13 bits per heavy atom. The summed E-state index contributed by atoms with van der Waals surface area (Å²) in [7, 11) is 3.18. The van der Waals surface area contributed by atoms with Gasteiger partial charge in [0.05, 0.1) is 19.1 Å². The van der Waals surface area contributed by atoms with Crippen molar-refractivity contribution >= 4 is 46.1 Å². The second kappa shape index (κ2) is 12.0. The Labute approximate surface area is 232 Å². The van der Waals surface area contributed by atoms with E-state index in [1.165, 1.54) is 11.8 Å². The van der Waals surface area contributed by atoms with Crippen LogP contribution in [0.3, 0.4) is 0 Å². The van der Waals surface area contributed by atoms with E-state index in [2.05, 4.69) is 11.0 Å². The Morgan fingerprint density at radius 3 is 2.47 bits per heavy atom. The van der Waals surface area contributed by atoms with E-state index in [0.29, 0.717) is 45.8 Å². The second-order valence-electron chi connectivity index (χ2n) is 9.22. The molecule has 10 heteroatoms. The molecular weight excluding hydrogens is 520 g/mol. The van der Waals surface area contributed by atoms with Gasteiger partial charge in [0.2, 0.25) is 0 Å². The Hall–Kier alpha value is -3.29. The van der Waals surface area contributed by atoms with Gasteiger partial charge in [-0.15, -0.1) is 0 Å². The van der Waals surface area contributed by atoms with Crippen LogP contribution in [0, 0.1) is 18.3 Å². The number of anilines is 1. The van der Waals surface area contributed by atoms with E-state index in [0.717, 1.165) is 49.3 Å². The van der Waals surface area contributed by atoms with Gasteiger partial charge in [-0.25, -0.2) is 0 Å². The van der Waals surface area contributed by atoms with Crippen LogP contribution in [-0.4, -0.2) is 53.5 Å². The minimum Gasteiger partial charge on any atom is -0.493 e. The molecule has 0 bridgehead atoms. The highest BCUT2D eigenvalue weighted by molar-refractivity contribution is 8.26. The zero-order valence-electron chi connectivity index (χ0n) is 22.2. The van der Waals surface area contributed by atoms with Gasteiger partial charge in [0.1, 0.15) is 21.8 Å². The fraction of sp³-hybridized carbons (Fsp3) is 0.429. The number of carbonyl (C=O) groups is 1. The fourth-order valence-electron chi connectivity index (χ4n) is 4.98. The maximum absolute atomic E-state index is 13.5. The van der Waals surface area contributed by atoms with Crippen LogP contribution < -0.4 is 19.9 Å². The maximum atomic E-state index is 13.5. The van der Waals surface area contributed by atoms with E-state index in [4.69, 9.17) is 21.7 Å². The Balaban J connectivity index is 1.68. The lowest BCUT2D eigenvalue weighted by molar-refractivity contribution is -0.122. The molecule has 8 nitrogen and oxygen atoms in total. The summed E-state index contributed by atoms with van der Waals surface area (Å²) >= 11 is 6.84. The molecule has 0 saturated carbocycles. The van der Waals surface area contributed by atoms with Gasteiger partial charge >= 0.3 is 0 Å². The molecule has 0 aliphatic carbocycles. The summed E-state index contributed by atoms with van der Waals surface area (Å²) in [6.45, 7) is 6.22. The maximum Gasteiger partial charge on any atom is 0.270 e. The summed E-state index contributed by atoms with van der Waals surface area (Å²) in [5.74, 6) is 1.90. The van der Waals surface area contributed by atoms with Crippen LogP contribution >= 0.6 is 24.0 Å². The van der Waals surface area contributed by atoms with Gasteiger partial charge in [0.15, 0.2) is 11.5 Å². The van der Waals surface area contributed by atoms with Gasteiger partial charge in [0, 0.05) is 31.7 Å². The molecule has 200 valence electrons. The molecule has 0 spiro atoms. The summed E-state index contributed by atoms with van der Waals surface area (Å²) in [6, 6.07) is 7.78. The first-order valence-corrected chi connectivity index (χ1v) is 14.0. The predicted octanol–water partition coefficient (Wildman–Crippen LogP) is 4.50. The molecule has 0 radical (unpaired) electrons. The molecule has 2 aliphatic rings. The van der Waals surface area contributed by atoms with Crippen LogP contribution in [0.15, 0.2) is 27.9 Å². The molecule has 2 aliphatic heterocycles. The highest BCUT2D eigenvalue weighted by Gasteiger charge is 2.33. The van der Waals surface area contributed by atoms with Crippen LogP contribution in [0.5, 0.6) is 11.5 Å². The average molecular weight is 553 g/mol. The Kier molecular flexibility index (Phi) is 8.80. The SMILES string of the molecule is CCn1c(N2CCCCC2)c(/C=C2\SC(=S)N(CCc3ccc(OC)c(OC)c3)C2=O)c(C)c(C#N)c1=O. The van der Waals surface area contributed by atoms with Gasteiger partial charge in [-0.05, 0) is 68.9 Å². The average Bonchev–Trinajstić information content (AvgIpc) is 3.20. The van der Waals surface area contributed by atoms with Crippen LogP contribution in [0.2, 0.25) is 0 Å². The van der Waals surface area contributed by atoms with E-state index in [1.54, 1.807) is 30.6 Å². The van der Waals surface area contributed by atoms with Crippen molar-refractivity contribution in [1.29, 1.82) is 5.26 Å². The number of benzene rings is 1. The number of thioether (sulfide) groups is 1. The van der Waals surface area contributed by atoms with Crippen LogP contribution in [0.25, 0.3) is 6.08 Å². The Morgan fingerprint density at radius 2 is 1.84 bits per heavy atom. The first-order chi connectivity index (χ1) is 18.3. The first-order valence-electron chi connectivity index (χ1n) is 12.7. The molecular formula is C28H32N4O4S2. The molecule has 1 aromatic heterocycles. The lowest BCUT2D eigenvalue weighted by Crippen LogP contribution is -2.37. The molecule has 0 unspecified atom stereocenters. The van der Waals surface area contributed by atoms with E-state index in [9.17, 15) is 14.9 Å². The van der Waals surface area contributed by atoms with Crippen molar-refractivity contribution in [2.75, 3.05) is 38.8 Å². The summed E-state index contributed by atoms with van der Waals surface area (Å²) in [6.07, 6.45) is 5.64. The molecule has 1 aromatic carbocycles. The van der Waals surface area contributed by atoms with Crippen molar-refractivity contribution in [3.63, 3.8) is 0 Å². The zero-order chi connectivity index (χ0) is 27.4. The van der Waals surface area contributed by atoms with E-state index < -0.39 is 0 Å². The standard InChI is InChI=1S/C28H32N4O4S2/c1-5-31-25(30-12-7-6-8-13-30)20(18(2)21(17-29)26(31)33)16-24-27(34)32(28(37)38-24)14-11-19-9-10-22(35-3)23(15-19)36-4/h9-10,15-16H,5-8,11-14H2,1-4H3/b24-16-. The molecule has 38 heavy (non-hydrogen) atoms. The van der Waals surface area contributed by atoms with Crippen LogP contribution in [0.1, 0.15) is 48.4 Å². The van der Waals surface area contributed by atoms with Crippen molar-refractivity contribution in [3.05, 3.63) is 55.7 Å². The summed E-state index contributed by atoms with van der Waals surface area (Å²) in [4.78, 5) is 31.0. The number of hydrogen-bond donors (Lipinski definition) is 0. The molecule has 0 N–H and O–H groups in total. The van der Waals surface area contributed by atoms with E-state index >= 15 is 0 Å². The number of pyridine rings is 1.